The molecule has 0 bridgehead atoms. The number of nitrogens with one attached hydrogen (secondary N) is 1. The van der Waals surface area contributed by atoms with Crippen molar-refractivity contribution in [3.8, 4) is 0 Å². The van der Waals surface area contributed by atoms with Crippen molar-refractivity contribution in [2.75, 3.05) is 0 Å². The molecule has 0 radical (unpaired) electrons. The molecule has 1 amide bonds. The molecule has 1 fully saturated rings. The number of carboxylic acid groups (broad SMARTS) is 1. The Morgan fingerprint density at radius 1 is 1.24 bits per heavy atom. The molecule has 130 valence electrons. The number of rotatable bonds is 6. The number of aromatic carboxylic acids is 1. The summed E-state index contributed by atoms with van der Waals surface area (Å²) in [5, 5.41) is 12.3. The van der Waals surface area contributed by atoms with Gasteiger partial charge in [-0.05, 0) is 48.1 Å². The Hall–Kier alpha value is -2.40. The largest absolute Gasteiger partial charge is 0.478 e. The number of hydrogen-bond donors (Lipinski definition) is 2. The van der Waals surface area contributed by atoms with Crippen molar-refractivity contribution in [1.29, 1.82) is 0 Å². The Labute approximate surface area is 149 Å². The number of hydrogen-bond acceptors (Lipinski definition) is 2. The van der Waals surface area contributed by atoms with Gasteiger partial charge in [0.05, 0.1) is 23.0 Å². The summed E-state index contributed by atoms with van der Waals surface area (Å²) in [5.74, 6) is -1.55. The molecule has 0 aliphatic heterocycles. The minimum Gasteiger partial charge on any atom is -0.478 e. The molecule has 1 aliphatic rings. The summed E-state index contributed by atoms with van der Waals surface area (Å²) in [6.07, 6.45) is 1.85. The average Bonchev–Trinajstić information content (AvgIpc) is 3.37. The second-order valence-electron chi connectivity index (χ2n) is 6.19. The van der Waals surface area contributed by atoms with Gasteiger partial charge in [-0.15, -0.1) is 0 Å². The predicted molar refractivity (Wildman–Crippen MR) is 92.1 cm³/mol. The van der Waals surface area contributed by atoms with Gasteiger partial charge in [-0.2, -0.15) is 0 Å². The molecule has 3 rings (SSSR count). The van der Waals surface area contributed by atoms with E-state index in [9.17, 15) is 19.1 Å². The lowest BCUT2D eigenvalue weighted by Gasteiger charge is -2.19. The summed E-state index contributed by atoms with van der Waals surface area (Å²) < 4.78 is 13.5. The summed E-state index contributed by atoms with van der Waals surface area (Å²) in [4.78, 5) is 23.8. The monoisotopic (exact) mass is 361 g/mol. The van der Waals surface area contributed by atoms with Crippen LogP contribution in [0.25, 0.3) is 0 Å². The average molecular weight is 362 g/mol. The van der Waals surface area contributed by atoms with E-state index in [0.717, 1.165) is 18.4 Å². The van der Waals surface area contributed by atoms with E-state index in [1.54, 1.807) is 24.3 Å². The van der Waals surface area contributed by atoms with Gasteiger partial charge in [-0.25, -0.2) is 9.18 Å². The summed E-state index contributed by atoms with van der Waals surface area (Å²) in [6, 6.07) is 10.6. The van der Waals surface area contributed by atoms with Crippen molar-refractivity contribution < 1.29 is 19.1 Å². The molecule has 1 aliphatic carbocycles. The molecular formula is C19H17ClFNO3. The molecular weight excluding hydrogens is 345 g/mol. The lowest BCUT2D eigenvalue weighted by molar-refractivity contribution is -0.121. The van der Waals surface area contributed by atoms with Gasteiger partial charge in [0, 0.05) is 0 Å². The SMILES string of the molecule is O=C(Cc1cccc(Cl)c1C(=O)O)NC(c1cccc(F)c1)C1CC1. The molecule has 1 saturated carbocycles. The third kappa shape index (κ3) is 4.17. The van der Waals surface area contributed by atoms with Crippen molar-refractivity contribution in [3.63, 3.8) is 0 Å². The number of carbonyl (C=O) groups excluding carboxylic acids is 1. The van der Waals surface area contributed by atoms with Gasteiger partial charge < -0.3 is 10.4 Å². The maximum atomic E-state index is 13.5. The molecule has 2 aromatic carbocycles. The molecule has 0 saturated heterocycles. The molecule has 0 heterocycles. The maximum Gasteiger partial charge on any atom is 0.337 e. The highest BCUT2D eigenvalue weighted by molar-refractivity contribution is 6.33. The van der Waals surface area contributed by atoms with E-state index in [0.29, 0.717) is 5.56 Å². The molecule has 0 spiro atoms. The van der Waals surface area contributed by atoms with Crippen molar-refractivity contribution in [3.05, 3.63) is 70.0 Å². The molecule has 2 aromatic rings. The zero-order valence-corrected chi connectivity index (χ0v) is 14.1. The number of carboxylic acids is 1. The first kappa shape index (κ1) is 17.4. The van der Waals surface area contributed by atoms with Crippen LogP contribution in [0.1, 0.15) is 40.4 Å². The fourth-order valence-electron chi connectivity index (χ4n) is 2.96. The van der Waals surface area contributed by atoms with Crippen LogP contribution in [0.2, 0.25) is 5.02 Å². The Kier molecular flexibility index (Phi) is 5.04. The molecule has 1 atom stereocenters. The van der Waals surface area contributed by atoms with Crippen molar-refractivity contribution in [2.24, 2.45) is 5.92 Å². The van der Waals surface area contributed by atoms with Gasteiger partial charge in [-0.1, -0.05) is 35.9 Å². The van der Waals surface area contributed by atoms with E-state index in [-0.39, 0.29) is 40.7 Å². The Balaban J connectivity index is 1.77. The van der Waals surface area contributed by atoms with E-state index < -0.39 is 5.97 Å². The van der Waals surface area contributed by atoms with E-state index in [1.165, 1.54) is 18.2 Å². The quantitative estimate of drug-likeness (QED) is 0.817. The first-order valence-electron chi connectivity index (χ1n) is 8.01. The molecule has 2 N–H and O–H groups in total. The van der Waals surface area contributed by atoms with Gasteiger partial charge in [0.2, 0.25) is 5.91 Å². The van der Waals surface area contributed by atoms with Crippen molar-refractivity contribution >= 4 is 23.5 Å². The van der Waals surface area contributed by atoms with Crippen LogP contribution >= 0.6 is 11.6 Å². The number of halogens is 2. The second kappa shape index (κ2) is 7.23. The Morgan fingerprint density at radius 2 is 1.96 bits per heavy atom. The van der Waals surface area contributed by atoms with E-state index in [2.05, 4.69) is 5.32 Å². The first-order valence-corrected chi connectivity index (χ1v) is 8.39. The number of amides is 1. The topological polar surface area (TPSA) is 66.4 Å². The maximum absolute atomic E-state index is 13.5. The summed E-state index contributed by atoms with van der Waals surface area (Å²) >= 11 is 5.93. The van der Waals surface area contributed by atoms with Crippen LogP contribution in [-0.4, -0.2) is 17.0 Å². The Bertz CT molecular complexity index is 820. The molecule has 0 aromatic heterocycles. The number of benzene rings is 2. The summed E-state index contributed by atoms with van der Waals surface area (Å²) in [7, 11) is 0. The lowest BCUT2D eigenvalue weighted by Crippen LogP contribution is -2.31. The molecule has 1 unspecified atom stereocenters. The summed E-state index contributed by atoms with van der Waals surface area (Å²) in [6.45, 7) is 0. The minimum atomic E-state index is -1.17. The van der Waals surface area contributed by atoms with Gasteiger partial charge in [0.25, 0.3) is 0 Å². The lowest BCUT2D eigenvalue weighted by atomic mass is 10.0. The van der Waals surface area contributed by atoms with Crippen LogP contribution in [0.15, 0.2) is 42.5 Å². The van der Waals surface area contributed by atoms with E-state index >= 15 is 0 Å². The van der Waals surface area contributed by atoms with Gasteiger partial charge >= 0.3 is 5.97 Å². The standard InChI is InChI=1S/C19H17ClFNO3/c20-15-6-2-3-12(17(15)19(24)25)10-16(23)22-18(11-7-8-11)13-4-1-5-14(21)9-13/h1-6,9,11,18H,7-8,10H2,(H,22,23)(H,24,25). The molecule has 6 heteroatoms. The van der Waals surface area contributed by atoms with E-state index in [1.807, 2.05) is 0 Å². The van der Waals surface area contributed by atoms with Gasteiger partial charge in [-0.3, -0.25) is 4.79 Å². The highest BCUT2D eigenvalue weighted by atomic mass is 35.5. The predicted octanol–water partition coefficient (Wildman–Crippen LogP) is 3.99. The highest BCUT2D eigenvalue weighted by Gasteiger charge is 2.33. The van der Waals surface area contributed by atoms with Crippen LogP contribution in [0.4, 0.5) is 4.39 Å². The third-order valence-electron chi connectivity index (χ3n) is 4.28. The molecule has 4 nitrogen and oxygen atoms in total. The number of carbonyl (C=O) groups is 2. The fourth-order valence-corrected chi connectivity index (χ4v) is 3.23. The summed E-state index contributed by atoms with van der Waals surface area (Å²) in [5.41, 5.74) is 1.01. The third-order valence-corrected chi connectivity index (χ3v) is 4.60. The fraction of sp³-hybridized carbons (Fsp3) is 0.263. The van der Waals surface area contributed by atoms with E-state index in [4.69, 9.17) is 11.6 Å². The zero-order valence-electron chi connectivity index (χ0n) is 13.3. The smallest absolute Gasteiger partial charge is 0.337 e. The van der Waals surface area contributed by atoms with Crippen molar-refractivity contribution in [2.45, 2.75) is 25.3 Å². The molecule has 25 heavy (non-hydrogen) atoms. The second-order valence-corrected chi connectivity index (χ2v) is 6.60. The van der Waals surface area contributed by atoms with Crippen LogP contribution in [0.3, 0.4) is 0 Å². The zero-order chi connectivity index (χ0) is 18.0. The van der Waals surface area contributed by atoms with Gasteiger partial charge in [0.1, 0.15) is 5.82 Å². The van der Waals surface area contributed by atoms with Crippen LogP contribution in [0, 0.1) is 11.7 Å². The first-order chi connectivity index (χ1) is 12.0. The van der Waals surface area contributed by atoms with Crippen LogP contribution in [0.5, 0.6) is 0 Å². The minimum absolute atomic E-state index is 0.0620. The van der Waals surface area contributed by atoms with Gasteiger partial charge in [0.15, 0.2) is 0 Å². The Morgan fingerprint density at radius 3 is 2.60 bits per heavy atom. The normalized spacial score (nSPS) is 14.8. The highest BCUT2D eigenvalue weighted by Crippen LogP contribution is 2.41. The van der Waals surface area contributed by atoms with Crippen LogP contribution < -0.4 is 5.32 Å². The van der Waals surface area contributed by atoms with Crippen LogP contribution in [-0.2, 0) is 11.2 Å². The van der Waals surface area contributed by atoms with Crippen molar-refractivity contribution in [1.82, 2.24) is 5.32 Å².